The molecule has 1 aliphatic heterocycles. The highest BCUT2D eigenvalue weighted by Crippen LogP contribution is 2.25. The van der Waals surface area contributed by atoms with Crippen molar-refractivity contribution >= 4 is 27.3 Å². The second kappa shape index (κ2) is 6.70. The molecule has 2 aromatic heterocycles. The van der Waals surface area contributed by atoms with E-state index in [1.807, 2.05) is 6.07 Å². The molecule has 1 saturated heterocycles. The van der Waals surface area contributed by atoms with Crippen molar-refractivity contribution in [3.63, 3.8) is 0 Å². The van der Waals surface area contributed by atoms with E-state index in [1.165, 1.54) is 4.31 Å². The molecule has 7 nitrogen and oxygen atoms in total. The quantitative estimate of drug-likeness (QED) is 0.771. The van der Waals surface area contributed by atoms with Crippen LogP contribution >= 0.6 is 11.6 Å². The number of aromatic nitrogens is 2. The second-order valence-corrected chi connectivity index (χ2v) is 8.00. The van der Waals surface area contributed by atoms with Gasteiger partial charge in [0.1, 0.15) is 15.7 Å². The topological polar surface area (TPSA) is 79.5 Å². The molecule has 3 heterocycles. The maximum absolute atomic E-state index is 12.9. The van der Waals surface area contributed by atoms with Gasteiger partial charge in [-0.1, -0.05) is 16.8 Å². The van der Waals surface area contributed by atoms with Crippen molar-refractivity contribution in [3.05, 3.63) is 34.9 Å². The van der Waals surface area contributed by atoms with Gasteiger partial charge in [-0.2, -0.15) is 4.31 Å². The monoisotopic (exact) mass is 370 g/mol. The fourth-order valence-electron chi connectivity index (χ4n) is 2.95. The molecule has 0 unspecified atom stereocenters. The number of anilines is 1. The van der Waals surface area contributed by atoms with Crippen LogP contribution in [0.15, 0.2) is 27.7 Å². The van der Waals surface area contributed by atoms with E-state index in [9.17, 15) is 8.42 Å². The molecule has 130 valence electrons. The van der Waals surface area contributed by atoms with Crippen molar-refractivity contribution in [2.75, 3.05) is 31.1 Å². The lowest BCUT2D eigenvalue weighted by Gasteiger charge is -2.23. The van der Waals surface area contributed by atoms with Crippen LogP contribution in [-0.2, 0) is 10.0 Å². The molecule has 9 heteroatoms. The van der Waals surface area contributed by atoms with Gasteiger partial charge in [0.15, 0.2) is 5.76 Å². The van der Waals surface area contributed by atoms with Crippen LogP contribution in [0.5, 0.6) is 0 Å². The number of sulfonamides is 1. The molecule has 0 aliphatic carbocycles. The fraction of sp³-hybridized carbons (Fsp3) is 0.467. The zero-order valence-electron chi connectivity index (χ0n) is 13.6. The van der Waals surface area contributed by atoms with E-state index in [1.54, 1.807) is 26.1 Å². The lowest BCUT2D eigenvalue weighted by Crippen LogP contribution is -2.35. The number of hydrogen-bond acceptors (Lipinski definition) is 6. The first-order valence-corrected chi connectivity index (χ1v) is 9.51. The molecule has 0 bridgehead atoms. The van der Waals surface area contributed by atoms with Gasteiger partial charge in [-0.3, -0.25) is 0 Å². The summed E-state index contributed by atoms with van der Waals surface area (Å²) in [5.74, 6) is 0.328. The molecule has 0 saturated carbocycles. The Morgan fingerprint density at radius 3 is 2.67 bits per heavy atom. The van der Waals surface area contributed by atoms with Gasteiger partial charge in [0.25, 0.3) is 0 Å². The third kappa shape index (κ3) is 3.26. The Balaban J connectivity index is 1.81. The molecule has 0 N–H and O–H groups in total. The van der Waals surface area contributed by atoms with Gasteiger partial charge in [0.2, 0.25) is 10.0 Å². The van der Waals surface area contributed by atoms with Gasteiger partial charge >= 0.3 is 0 Å². The zero-order valence-corrected chi connectivity index (χ0v) is 15.1. The summed E-state index contributed by atoms with van der Waals surface area (Å²) in [6.07, 6.45) is 2.38. The highest BCUT2D eigenvalue weighted by atomic mass is 35.5. The van der Waals surface area contributed by atoms with Gasteiger partial charge < -0.3 is 9.42 Å². The number of rotatable bonds is 3. The summed E-state index contributed by atoms with van der Waals surface area (Å²) in [5.41, 5.74) is 1.35. The van der Waals surface area contributed by atoms with E-state index in [-0.39, 0.29) is 4.90 Å². The van der Waals surface area contributed by atoms with Gasteiger partial charge in [0, 0.05) is 38.1 Å². The summed E-state index contributed by atoms with van der Waals surface area (Å²) < 4.78 is 32.4. The van der Waals surface area contributed by atoms with Crippen molar-refractivity contribution < 1.29 is 12.9 Å². The molecule has 0 amide bonds. The summed E-state index contributed by atoms with van der Waals surface area (Å²) >= 11 is 5.95. The van der Waals surface area contributed by atoms with Gasteiger partial charge in [-0.25, -0.2) is 13.4 Å². The van der Waals surface area contributed by atoms with E-state index in [0.717, 1.165) is 18.7 Å². The van der Waals surface area contributed by atoms with Gasteiger partial charge in [-0.05, 0) is 32.4 Å². The minimum Gasteiger partial charge on any atom is -0.370 e. The lowest BCUT2D eigenvalue weighted by atomic mass is 10.3. The molecule has 0 spiro atoms. The predicted molar refractivity (Wildman–Crippen MR) is 90.8 cm³/mol. The highest BCUT2D eigenvalue weighted by molar-refractivity contribution is 7.89. The molecule has 24 heavy (non-hydrogen) atoms. The van der Waals surface area contributed by atoms with Crippen LogP contribution in [0.1, 0.15) is 17.9 Å². The molecule has 3 rings (SSSR count). The summed E-state index contributed by atoms with van der Waals surface area (Å²) in [5, 5.41) is 4.19. The van der Waals surface area contributed by atoms with Crippen LogP contribution in [-0.4, -0.2) is 49.0 Å². The third-order valence-electron chi connectivity index (χ3n) is 4.10. The Labute approximate surface area is 146 Å². The average Bonchev–Trinajstić information content (AvgIpc) is 2.75. The zero-order chi connectivity index (χ0) is 17.3. The highest BCUT2D eigenvalue weighted by Gasteiger charge is 2.32. The lowest BCUT2D eigenvalue weighted by molar-refractivity contribution is 0.389. The molecule has 0 atom stereocenters. The summed E-state index contributed by atoms with van der Waals surface area (Å²) in [6.45, 7) is 5.47. The maximum atomic E-state index is 12.9. The van der Waals surface area contributed by atoms with Crippen molar-refractivity contribution in [1.29, 1.82) is 0 Å². The summed E-state index contributed by atoms with van der Waals surface area (Å²) in [7, 11) is -3.61. The third-order valence-corrected chi connectivity index (χ3v) is 6.45. The Morgan fingerprint density at radius 1 is 1.21 bits per heavy atom. The number of pyridine rings is 1. The Bertz CT molecular complexity index is 817. The molecule has 1 aliphatic rings. The minimum atomic E-state index is -3.61. The van der Waals surface area contributed by atoms with Gasteiger partial charge in [-0.15, -0.1) is 0 Å². The van der Waals surface area contributed by atoms with Crippen molar-refractivity contribution in [2.24, 2.45) is 0 Å². The molecular formula is C15H19ClN4O3S. The maximum Gasteiger partial charge on any atom is 0.248 e. The van der Waals surface area contributed by atoms with E-state index in [2.05, 4.69) is 15.0 Å². The Kier molecular flexibility index (Phi) is 4.80. The van der Waals surface area contributed by atoms with E-state index in [4.69, 9.17) is 16.1 Å². The normalized spacial score (nSPS) is 17.0. The largest absolute Gasteiger partial charge is 0.370 e. The van der Waals surface area contributed by atoms with Crippen molar-refractivity contribution in [1.82, 2.24) is 14.4 Å². The molecule has 1 fully saturated rings. The van der Waals surface area contributed by atoms with Crippen molar-refractivity contribution in [2.45, 2.75) is 25.2 Å². The number of aryl methyl sites for hydroxylation is 2. The van der Waals surface area contributed by atoms with Crippen LogP contribution in [0.25, 0.3) is 0 Å². The Morgan fingerprint density at radius 2 is 2.00 bits per heavy atom. The van der Waals surface area contributed by atoms with Crippen LogP contribution in [0.3, 0.4) is 0 Å². The first-order chi connectivity index (χ1) is 11.4. The first-order valence-electron chi connectivity index (χ1n) is 7.69. The molecule has 2 aromatic rings. The van der Waals surface area contributed by atoms with Crippen LogP contribution in [0.2, 0.25) is 5.15 Å². The first kappa shape index (κ1) is 17.2. The standard InChI is InChI=1S/C15H19ClN4O3S/c1-11-15(12(2)23-18-11)24(21,22)20-7-3-6-19(8-9-20)13-4-5-17-14(16)10-13/h4-5,10H,3,6-9H2,1-2H3. The summed E-state index contributed by atoms with van der Waals surface area (Å²) in [6, 6.07) is 3.67. The molecule has 0 aromatic carbocycles. The average molecular weight is 371 g/mol. The van der Waals surface area contributed by atoms with E-state index >= 15 is 0 Å². The van der Waals surface area contributed by atoms with Gasteiger partial charge in [0.05, 0.1) is 0 Å². The second-order valence-electron chi connectivity index (χ2n) is 5.73. The smallest absolute Gasteiger partial charge is 0.248 e. The van der Waals surface area contributed by atoms with Crippen molar-refractivity contribution in [3.8, 4) is 0 Å². The van der Waals surface area contributed by atoms with E-state index in [0.29, 0.717) is 36.2 Å². The van der Waals surface area contributed by atoms with Crippen LogP contribution in [0, 0.1) is 13.8 Å². The number of hydrogen-bond donors (Lipinski definition) is 0. The predicted octanol–water partition coefficient (Wildman–Crippen LogP) is 2.24. The Hall–Kier alpha value is -1.64. The SMILES string of the molecule is Cc1noc(C)c1S(=O)(=O)N1CCCN(c2ccnc(Cl)c2)CC1. The molecular weight excluding hydrogens is 352 g/mol. The van der Waals surface area contributed by atoms with Crippen LogP contribution in [0.4, 0.5) is 5.69 Å². The molecule has 0 radical (unpaired) electrons. The summed E-state index contributed by atoms with van der Waals surface area (Å²) in [4.78, 5) is 6.29. The van der Waals surface area contributed by atoms with Crippen LogP contribution < -0.4 is 4.90 Å². The number of nitrogens with zero attached hydrogens (tertiary/aromatic N) is 4. The fourth-order valence-corrected chi connectivity index (χ4v) is 4.88. The minimum absolute atomic E-state index is 0.183. The number of halogens is 1. The van der Waals surface area contributed by atoms with E-state index < -0.39 is 10.0 Å².